The molecule has 0 amide bonds. The van der Waals surface area contributed by atoms with Gasteiger partial charge in [0.05, 0.1) is 13.3 Å². The summed E-state index contributed by atoms with van der Waals surface area (Å²) < 4.78 is 6.13. The third-order valence-corrected chi connectivity index (χ3v) is 6.18. The van der Waals surface area contributed by atoms with Crippen LogP contribution in [0, 0.1) is 23.2 Å². The van der Waals surface area contributed by atoms with Crippen LogP contribution in [0.25, 0.3) is 0 Å². The Morgan fingerprint density at radius 3 is 2.75 bits per heavy atom. The minimum atomic E-state index is -1.12. The van der Waals surface area contributed by atoms with Gasteiger partial charge >= 0.3 is 11.5 Å². The summed E-state index contributed by atoms with van der Waals surface area (Å²) in [5.41, 5.74) is 0.407. The summed E-state index contributed by atoms with van der Waals surface area (Å²) >= 11 is 0. The molecule has 7 nitrogen and oxygen atoms in total. The number of nitrogens with zero attached hydrogens (tertiary/aromatic N) is 2. The van der Waals surface area contributed by atoms with E-state index < -0.39 is 18.1 Å². The molecule has 0 saturated heterocycles. The number of aromatic nitrogens is 2. The third-order valence-electron chi connectivity index (χ3n) is 6.18. The molecule has 7 heteroatoms. The van der Waals surface area contributed by atoms with E-state index in [1.165, 1.54) is 19.7 Å². The summed E-state index contributed by atoms with van der Waals surface area (Å²) in [4.78, 5) is 23.1. The first-order chi connectivity index (χ1) is 11.3. The van der Waals surface area contributed by atoms with Crippen molar-refractivity contribution in [1.82, 2.24) is 9.78 Å². The summed E-state index contributed by atoms with van der Waals surface area (Å²) in [7, 11) is 1.41. The molecule has 24 heavy (non-hydrogen) atoms. The maximum atomic E-state index is 12.3. The minimum Gasteiger partial charge on any atom is -0.490 e. The number of methoxy groups -OCH3 is 1. The molecule has 0 aromatic carbocycles. The van der Waals surface area contributed by atoms with E-state index in [9.17, 15) is 9.59 Å². The number of carbonyl (C=O) groups is 1. The zero-order valence-corrected chi connectivity index (χ0v) is 14.6. The van der Waals surface area contributed by atoms with Crippen LogP contribution in [0.1, 0.15) is 33.6 Å². The van der Waals surface area contributed by atoms with E-state index in [0.29, 0.717) is 28.9 Å². The van der Waals surface area contributed by atoms with Gasteiger partial charge in [-0.1, -0.05) is 20.8 Å². The van der Waals surface area contributed by atoms with Crippen molar-refractivity contribution >= 4 is 11.7 Å². The third kappa shape index (κ3) is 2.56. The van der Waals surface area contributed by atoms with Crippen LogP contribution < -0.4 is 15.6 Å². The zero-order valence-electron chi connectivity index (χ0n) is 14.6. The lowest BCUT2D eigenvalue weighted by Crippen LogP contribution is -2.58. The SMILES string of the molecule is COc1c(N[C@@H]2CC3CC([C@H]2C)C3(C)C)cnn(CC(=O)O)c1=O. The maximum absolute atomic E-state index is 12.3. The predicted octanol–water partition coefficient (Wildman–Crippen LogP) is 1.82. The number of rotatable bonds is 5. The van der Waals surface area contributed by atoms with Crippen LogP contribution in [0.3, 0.4) is 0 Å². The first kappa shape index (κ1) is 16.8. The number of ether oxygens (including phenoxy) is 1. The summed E-state index contributed by atoms with van der Waals surface area (Å²) in [6.45, 7) is 6.46. The molecule has 3 aliphatic rings. The molecule has 1 aromatic heterocycles. The second-order valence-electron chi connectivity index (χ2n) is 7.65. The van der Waals surface area contributed by atoms with Crippen molar-refractivity contribution < 1.29 is 14.6 Å². The minimum absolute atomic E-state index is 0.122. The van der Waals surface area contributed by atoms with Crippen molar-refractivity contribution in [2.75, 3.05) is 12.4 Å². The number of carboxylic acid groups (broad SMARTS) is 1. The number of nitrogens with one attached hydrogen (secondary N) is 1. The molecular formula is C17H25N3O4. The van der Waals surface area contributed by atoms with Gasteiger partial charge in [0.2, 0.25) is 5.75 Å². The highest BCUT2D eigenvalue weighted by molar-refractivity contribution is 5.66. The summed E-state index contributed by atoms with van der Waals surface area (Å²) in [6, 6.07) is 0.271. The van der Waals surface area contributed by atoms with E-state index in [2.05, 4.69) is 31.2 Å². The number of anilines is 1. The number of aliphatic carboxylic acids is 1. The average Bonchev–Trinajstić information content (AvgIpc) is 2.51. The summed E-state index contributed by atoms with van der Waals surface area (Å²) in [5.74, 6) is 0.881. The lowest BCUT2D eigenvalue weighted by molar-refractivity contribution is -0.138. The first-order valence-electron chi connectivity index (χ1n) is 8.38. The van der Waals surface area contributed by atoms with Crippen molar-refractivity contribution in [3.63, 3.8) is 0 Å². The lowest BCUT2D eigenvalue weighted by Gasteiger charge is -2.62. The largest absolute Gasteiger partial charge is 0.490 e. The fourth-order valence-electron chi connectivity index (χ4n) is 4.55. The number of hydrogen-bond donors (Lipinski definition) is 2. The van der Waals surface area contributed by atoms with E-state index in [1.807, 2.05) is 0 Å². The smallest absolute Gasteiger partial charge is 0.325 e. The Kier molecular flexibility index (Phi) is 4.05. The Balaban J connectivity index is 1.82. The van der Waals surface area contributed by atoms with E-state index in [1.54, 1.807) is 0 Å². The second-order valence-corrected chi connectivity index (χ2v) is 7.65. The number of carboxylic acids is 1. The Hall–Kier alpha value is -2.05. The van der Waals surface area contributed by atoms with E-state index in [4.69, 9.17) is 9.84 Å². The van der Waals surface area contributed by atoms with Crippen LogP contribution in [-0.4, -0.2) is 34.0 Å². The van der Waals surface area contributed by atoms with Gasteiger partial charge in [0.1, 0.15) is 12.2 Å². The van der Waals surface area contributed by atoms with E-state index in [0.717, 1.165) is 11.1 Å². The molecule has 4 rings (SSSR count). The lowest BCUT2D eigenvalue weighted by atomic mass is 9.45. The topological polar surface area (TPSA) is 93.4 Å². The maximum Gasteiger partial charge on any atom is 0.325 e. The van der Waals surface area contributed by atoms with Gasteiger partial charge in [-0.2, -0.15) is 5.10 Å². The predicted molar refractivity (Wildman–Crippen MR) is 89.3 cm³/mol. The van der Waals surface area contributed by atoms with E-state index in [-0.39, 0.29) is 11.8 Å². The molecular weight excluding hydrogens is 310 g/mol. The van der Waals surface area contributed by atoms with Crippen LogP contribution in [-0.2, 0) is 11.3 Å². The van der Waals surface area contributed by atoms with Crippen molar-refractivity contribution in [3.8, 4) is 5.75 Å². The molecule has 3 saturated carbocycles. The van der Waals surface area contributed by atoms with Crippen LogP contribution in [0.2, 0.25) is 0 Å². The van der Waals surface area contributed by atoms with Crippen LogP contribution >= 0.6 is 0 Å². The van der Waals surface area contributed by atoms with Crippen LogP contribution in [0.5, 0.6) is 5.75 Å². The molecule has 3 fully saturated rings. The monoisotopic (exact) mass is 335 g/mol. The molecule has 1 heterocycles. The quantitative estimate of drug-likeness (QED) is 0.852. The van der Waals surface area contributed by atoms with Crippen molar-refractivity contribution in [2.45, 2.75) is 46.2 Å². The standard InChI is InChI=1S/C17H25N3O4/c1-9-11-5-10(17(11,2)3)6-12(9)19-13-7-18-20(8-14(21)22)16(23)15(13)24-4/h7,9-12,19H,5-6,8H2,1-4H3,(H,21,22)/t9-,10?,11?,12-/m1/s1. The van der Waals surface area contributed by atoms with Gasteiger partial charge in [-0.05, 0) is 36.0 Å². The molecule has 3 aliphatic carbocycles. The highest BCUT2D eigenvalue weighted by Crippen LogP contribution is 2.61. The van der Waals surface area contributed by atoms with Gasteiger partial charge in [0, 0.05) is 6.04 Å². The number of hydrogen-bond acceptors (Lipinski definition) is 5. The van der Waals surface area contributed by atoms with Crippen LogP contribution in [0.15, 0.2) is 11.0 Å². The van der Waals surface area contributed by atoms with Crippen LogP contribution in [0.4, 0.5) is 5.69 Å². The normalized spacial score (nSPS) is 30.3. The molecule has 0 spiro atoms. The molecule has 0 aliphatic heterocycles. The summed E-state index contributed by atoms with van der Waals surface area (Å²) in [6.07, 6.45) is 3.83. The molecule has 2 bridgehead atoms. The van der Waals surface area contributed by atoms with Gasteiger partial charge in [-0.15, -0.1) is 0 Å². The Bertz CT molecular complexity index is 712. The van der Waals surface area contributed by atoms with Gasteiger partial charge in [-0.25, -0.2) is 4.68 Å². The second kappa shape index (κ2) is 5.79. The molecule has 132 valence electrons. The molecule has 2 N–H and O–H groups in total. The molecule has 4 atom stereocenters. The van der Waals surface area contributed by atoms with Crippen molar-refractivity contribution in [1.29, 1.82) is 0 Å². The van der Waals surface area contributed by atoms with Gasteiger partial charge in [0.15, 0.2) is 0 Å². The first-order valence-corrected chi connectivity index (χ1v) is 8.38. The highest BCUT2D eigenvalue weighted by atomic mass is 16.5. The van der Waals surface area contributed by atoms with Gasteiger partial charge in [0.25, 0.3) is 0 Å². The van der Waals surface area contributed by atoms with Crippen molar-refractivity contribution in [2.24, 2.45) is 23.2 Å². The zero-order chi connectivity index (χ0) is 17.6. The highest BCUT2D eigenvalue weighted by Gasteiger charge is 2.56. The van der Waals surface area contributed by atoms with Crippen molar-refractivity contribution in [3.05, 3.63) is 16.6 Å². The average molecular weight is 335 g/mol. The summed E-state index contributed by atoms with van der Waals surface area (Å²) in [5, 5.41) is 16.2. The number of fused-ring (bicyclic) bond motifs is 2. The fraction of sp³-hybridized carbons (Fsp3) is 0.706. The molecule has 1 aromatic rings. The van der Waals surface area contributed by atoms with Gasteiger partial charge in [-0.3, -0.25) is 9.59 Å². The molecule has 2 unspecified atom stereocenters. The van der Waals surface area contributed by atoms with E-state index >= 15 is 0 Å². The molecule has 0 radical (unpaired) electrons. The Labute approximate surface area is 141 Å². The van der Waals surface area contributed by atoms with Gasteiger partial charge < -0.3 is 15.2 Å². The Morgan fingerprint density at radius 2 is 2.21 bits per heavy atom. The fourth-order valence-corrected chi connectivity index (χ4v) is 4.55. The Morgan fingerprint density at radius 1 is 1.50 bits per heavy atom.